The summed E-state index contributed by atoms with van der Waals surface area (Å²) < 4.78 is 7.60. The van der Waals surface area contributed by atoms with Crippen LogP contribution in [0, 0.1) is 0 Å². The van der Waals surface area contributed by atoms with E-state index in [2.05, 4.69) is 38.9 Å². The van der Waals surface area contributed by atoms with Crippen molar-refractivity contribution in [1.29, 1.82) is 0 Å². The van der Waals surface area contributed by atoms with Crippen LogP contribution in [0.2, 0.25) is 0 Å². The zero-order chi connectivity index (χ0) is 20.2. The van der Waals surface area contributed by atoms with Gasteiger partial charge >= 0.3 is 0 Å². The van der Waals surface area contributed by atoms with Gasteiger partial charge in [0.2, 0.25) is 0 Å². The van der Waals surface area contributed by atoms with Crippen molar-refractivity contribution in [2.45, 2.75) is 13.5 Å². The smallest absolute Gasteiger partial charge is 0.144 e. The number of nitrogens with zero attached hydrogens (tertiary/aromatic N) is 5. The van der Waals surface area contributed by atoms with E-state index in [1.54, 1.807) is 6.20 Å². The van der Waals surface area contributed by atoms with Crippen LogP contribution in [0.3, 0.4) is 0 Å². The van der Waals surface area contributed by atoms with E-state index in [1.807, 2.05) is 42.1 Å². The minimum atomic E-state index is -0.0782. The topological polar surface area (TPSA) is 66.7 Å². The average Bonchev–Trinajstić information content (AvgIpc) is 3.25. The Hall–Kier alpha value is -2.90. The molecule has 0 atom stereocenters. The first-order valence-electron chi connectivity index (χ1n) is 10.00. The van der Waals surface area contributed by atoms with E-state index < -0.39 is 0 Å². The minimum absolute atomic E-state index is 0.0782. The van der Waals surface area contributed by atoms with Gasteiger partial charge in [-0.1, -0.05) is 0 Å². The van der Waals surface area contributed by atoms with Crippen LogP contribution in [0.25, 0.3) is 17.1 Å². The molecule has 1 aliphatic heterocycles. The van der Waals surface area contributed by atoms with Crippen LogP contribution >= 0.6 is 0 Å². The molecule has 3 aromatic rings. The van der Waals surface area contributed by atoms with E-state index in [4.69, 9.17) is 4.74 Å². The van der Waals surface area contributed by atoms with Crippen molar-refractivity contribution in [3.05, 3.63) is 54.5 Å². The summed E-state index contributed by atoms with van der Waals surface area (Å²) in [5.74, 6) is 2.51. The van der Waals surface area contributed by atoms with E-state index >= 15 is 0 Å². The van der Waals surface area contributed by atoms with Gasteiger partial charge in [-0.25, -0.2) is 9.97 Å². The van der Waals surface area contributed by atoms with Gasteiger partial charge in [0.1, 0.15) is 17.4 Å². The van der Waals surface area contributed by atoms with Gasteiger partial charge in [-0.3, -0.25) is 4.57 Å². The highest BCUT2D eigenvalue weighted by molar-refractivity contribution is 5.62. The third-order valence-corrected chi connectivity index (χ3v) is 5.27. The lowest BCUT2D eigenvalue weighted by atomic mass is 10.1. The van der Waals surface area contributed by atoms with E-state index in [-0.39, 0.29) is 6.61 Å². The molecular weight excluding hydrogens is 366 g/mol. The summed E-state index contributed by atoms with van der Waals surface area (Å²) in [6.45, 7) is 6.52. The fourth-order valence-corrected chi connectivity index (χ4v) is 3.61. The summed E-state index contributed by atoms with van der Waals surface area (Å²) in [6.07, 6.45) is 5.59. The van der Waals surface area contributed by atoms with Crippen LogP contribution in [0.15, 0.2) is 48.9 Å². The number of ether oxygens (including phenoxy) is 1. The lowest BCUT2D eigenvalue weighted by molar-refractivity contribution is 0.267. The largest absolute Gasteiger partial charge is 0.494 e. The highest BCUT2D eigenvalue weighted by Gasteiger charge is 2.16. The second-order valence-corrected chi connectivity index (χ2v) is 7.20. The molecule has 0 saturated carbocycles. The molecule has 3 heterocycles. The molecule has 0 radical (unpaired) electrons. The van der Waals surface area contributed by atoms with Crippen LogP contribution < -0.4 is 9.64 Å². The summed E-state index contributed by atoms with van der Waals surface area (Å²) >= 11 is 0. The number of anilines is 1. The second kappa shape index (κ2) is 8.63. The molecule has 29 heavy (non-hydrogen) atoms. The third-order valence-electron chi connectivity index (χ3n) is 5.27. The predicted molar refractivity (Wildman–Crippen MR) is 114 cm³/mol. The number of aliphatic hydroxyl groups is 1. The maximum absolute atomic E-state index is 9.70. The van der Waals surface area contributed by atoms with Crippen LogP contribution in [-0.4, -0.2) is 64.4 Å². The fourth-order valence-electron chi connectivity index (χ4n) is 3.61. The second-order valence-electron chi connectivity index (χ2n) is 7.20. The molecule has 152 valence electrons. The van der Waals surface area contributed by atoms with E-state index in [9.17, 15) is 5.11 Å². The molecule has 1 fully saturated rings. The van der Waals surface area contributed by atoms with Crippen LogP contribution in [-0.2, 0) is 6.61 Å². The lowest BCUT2D eigenvalue weighted by Crippen LogP contribution is -2.44. The number of hydrogen-bond donors (Lipinski definition) is 1. The van der Waals surface area contributed by atoms with Crippen molar-refractivity contribution in [3.8, 4) is 22.8 Å². The SMILES string of the molecule is CCOc1ccc(-c2nccn2-c2ccc(N3CCN(C)CC3)nc2)cc1CO. The van der Waals surface area contributed by atoms with Gasteiger partial charge in [0.25, 0.3) is 0 Å². The number of imidazole rings is 1. The highest BCUT2D eigenvalue weighted by Crippen LogP contribution is 2.28. The van der Waals surface area contributed by atoms with Gasteiger partial charge in [0.05, 0.1) is 25.1 Å². The first-order valence-corrected chi connectivity index (χ1v) is 10.00. The predicted octanol–water partition coefficient (Wildman–Crippen LogP) is 2.58. The van der Waals surface area contributed by atoms with Gasteiger partial charge in [-0.15, -0.1) is 0 Å². The van der Waals surface area contributed by atoms with E-state index in [0.29, 0.717) is 12.4 Å². The molecule has 0 amide bonds. The van der Waals surface area contributed by atoms with Gasteiger partial charge < -0.3 is 19.6 Å². The van der Waals surface area contributed by atoms with E-state index in [0.717, 1.165) is 54.6 Å². The van der Waals surface area contributed by atoms with Gasteiger partial charge in [-0.2, -0.15) is 0 Å². The Morgan fingerprint density at radius 2 is 1.90 bits per heavy atom. The molecule has 7 nitrogen and oxygen atoms in total. The average molecular weight is 393 g/mol. The molecule has 1 N–H and O–H groups in total. The summed E-state index contributed by atoms with van der Waals surface area (Å²) in [5.41, 5.74) is 2.63. The number of piperazine rings is 1. The number of benzene rings is 1. The van der Waals surface area contributed by atoms with Crippen molar-refractivity contribution >= 4 is 5.82 Å². The maximum atomic E-state index is 9.70. The molecular formula is C22H27N5O2. The van der Waals surface area contributed by atoms with Gasteiger partial charge in [0, 0.05) is 49.7 Å². The molecule has 0 bridgehead atoms. The Labute approximate surface area is 171 Å². The molecule has 1 aromatic carbocycles. The number of hydrogen-bond acceptors (Lipinski definition) is 6. The maximum Gasteiger partial charge on any atom is 0.144 e. The Morgan fingerprint density at radius 3 is 2.59 bits per heavy atom. The van der Waals surface area contributed by atoms with Crippen molar-refractivity contribution in [2.24, 2.45) is 0 Å². The Bertz CT molecular complexity index is 946. The molecule has 1 saturated heterocycles. The van der Waals surface area contributed by atoms with E-state index in [1.165, 1.54) is 0 Å². The number of aromatic nitrogens is 3. The first kappa shape index (κ1) is 19.4. The van der Waals surface area contributed by atoms with Crippen LogP contribution in [0.5, 0.6) is 5.75 Å². The zero-order valence-electron chi connectivity index (χ0n) is 17.0. The Kier molecular flexibility index (Phi) is 5.78. The summed E-state index contributed by atoms with van der Waals surface area (Å²) in [4.78, 5) is 13.9. The lowest BCUT2D eigenvalue weighted by Gasteiger charge is -2.33. The standard InChI is InChI=1S/C22H27N5O2/c1-3-29-20-6-4-17(14-18(20)16-28)22-23-8-9-27(22)19-5-7-21(24-15-19)26-12-10-25(2)11-13-26/h4-9,14-15,28H,3,10-13,16H2,1-2H3. The number of likely N-dealkylation sites (N-methyl/N-ethyl adjacent to an activating group) is 1. The Morgan fingerprint density at radius 1 is 1.07 bits per heavy atom. The molecule has 1 aliphatic rings. The van der Waals surface area contributed by atoms with Crippen molar-refractivity contribution in [2.75, 3.05) is 44.7 Å². The van der Waals surface area contributed by atoms with Gasteiger partial charge in [0.15, 0.2) is 0 Å². The number of rotatable bonds is 6. The van der Waals surface area contributed by atoms with Crippen molar-refractivity contribution in [3.63, 3.8) is 0 Å². The molecule has 0 unspecified atom stereocenters. The third kappa shape index (κ3) is 4.11. The zero-order valence-corrected chi connectivity index (χ0v) is 17.0. The molecule has 4 rings (SSSR count). The summed E-state index contributed by atoms with van der Waals surface area (Å²) in [7, 11) is 2.15. The molecule has 7 heteroatoms. The summed E-state index contributed by atoms with van der Waals surface area (Å²) in [5, 5.41) is 9.70. The van der Waals surface area contributed by atoms with Crippen LogP contribution in [0.4, 0.5) is 5.82 Å². The molecule has 2 aromatic heterocycles. The Balaban J connectivity index is 1.59. The highest BCUT2D eigenvalue weighted by atomic mass is 16.5. The monoisotopic (exact) mass is 393 g/mol. The fraction of sp³-hybridized carbons (Fsp3) is 0.364. The van der Waals surface area contributed by atoms with Crippen molar-refractivity contribution < 1.29 is 9.84 Å². The normalized spacial score (nSPS) is 14.9. The van der Waals surface area contributed by atoms with Gasteiger partial charge in [-0.05, 0) is 44.3 Å². The van der Waals surface area contributed by atoms with Crippen molar-refractivity contribution in [1.82, 2.24) is 19.4 Å². The number of aliphatic hydroxyl groups excluding tert-OH is 1. The molecule has 0 spiro atoms. The summed E-state index contributed by atoms with van der Waals surface area (Å²) in [6, 6.07) is 9.93. The molecule has 0 aliphatic carbocycles. The van der Waals surface area contributed by atoms with Crippen LogP contribution in [0.1, 0.15) is 12.5 Å². The minimum Gasteiger partial charge on any atom is -0.494 e. The quantitative estimate of drug-likeness (QED) is 0.694. The number of pyridine rings is 1. The first-order chi connectivity index (χ1) is 14.2.